The number of carbonyl (C=O) groups excluding carboxylic acids is 1. The third kappa shape index (κ3) is 6.54. The number of nitrogens with zero attached hydrogens (tertiary/aromatic N) is 4. The van der Waals surface area contributed by atoms with Gasteiger partial charge in [0, 0.05) is 42.8 Å². The van der Waals surface area contributed by atoms with Crippen molar-refractivity contribution in [2.75, 3.05) is 34.4 Å². The Morgan fingerprint density at radius 2 is 1.61 bits per heavy atom. The van der Waals surface area contributed by atoms with Gasteiger partial charge in [0.05, 0.1) is 34.1 Å². The van der Waals surface area contributed by atoms with Crippen LogP contribution < -0.4 is 19.8 Å². The molecule has 0 atom stereocenters. The zero-order chi connectivity index (χ0) is 31.6. The molecule has 1 saturated heterocycles. The lowest BCUT2D eigenvalue weighted by molar-refractivity contribution is 0.0184. The smallest absolute Gasteiger partial charge is 0.410 e. The molecule has 1 aliphatic rings. The van der Waals surface area contributed by atoms with E-state index < -0.39 is 5.60 Å². The van der Waals surface area contributed by atoms with Gasteiger partial charge in [0.2, 0.25) is 0 Å². The number of ether oxygens (including phenoxy) is 4. The number of pyridine rings is 1. The van der Waals surface area contributed by atoms with E-state index in [1.807, 2.05) is 63.4 Å². The lowest BCUT2D eigenvalue weighted by Gasteiger charge is -2.33. The SMILES string of the molecule is COc1ccc(Cn2ncc3c(-c4cc(OC)c(CC5CCN(C(=O)OC(C)(C)C)CC5)c(OC)c4)cn(C)c(=O)c32)cc1. The number of piperidine rings is 1. The molecular formula is C34H42N4O6. The minimum atomic E-state index is -0.512. The standard InChI is InChI=1S/C34H42N4O6/c1-34(2,3)44-33(40)37-14-12-22(13-15-37)16-26-29(42-6)17-24(18-30(26)43-7)28-21-36(4)32(39)31-27(28)19-35-38(31)20-23-8-10-25(41-5)11-9-23/h8-11,17-19,21-22H,12-16,20H2,1-7H3. The topological polar surface area (TPSA) is 97.1 Å². The normalized spacial score (nSPS) is 14.1. The van der Waals surface area contributed by atoms with Gasteiger partial charge in [-0.15, -0.1) is 0 Å². The van der Waals surface area contributed by atoms with E-state index >= 15 is 0 Å². The van der Waals surface area contributed by atoms with Gasteiger partial charge in [-0.3, -0.25) is 9.48 Å². The summed E-state index contributed by atoms with van der Waals surface area (Å²) in [5.74, 6) is 2.58. The quantitative estimate of drug-likeness (QED) is 0.257. The molecule has 3 heterocycles. The van der Waals surface area contributed by atoms with Crippen LogP contribution in [0.2, 0.25) is 0 Å². The van der Waals surface area contributed by atoms with Crippen molar-refractivity contribution in [3.8, 4) is 28.4 Å². The number of hydrogen-bond acceptors (Lipinski definition) is 7. The van der Waals surface area contributed by atoms with Gasteiger partial charge in [-0.05, 0) is 81.3 Å². The van der Waals surface area contributed by atoms with E-state index in [2.05, 4.69) is 5.10 Å². The molecule has 0 N–H and O–H groups in total. The fraction of sp³-hybridized carbons (Fsp3) is 0.441. The van der Waals surface area contributed by atoms with Crippen LogP contribution in [0.5, 0.6) is 17.2 Å². The van der Waals surface area contributed by atoms with Crippen LogP contribution in [0.3, 0.4) is 0 Å². The van der Waals surface area contributed by atoms with Crippen molar-refractivity contribution in [2.24, 2.45) is 13.0 Å². The second-order valence-corrected chi connectivity index (χ2v) is 12.3. The van der Waals surface area contributed by atoms with Crippen LogP contribution in [0.25, 0.3) is 22.0 Å². The van der Waals surface area contributed by atoms with Crippen LogP contribution in [0.1, 0.15) is 44.7 Å². The number of hydrogen-bond donors (Lipinski definition) is 0. The Hall–Kier alpha value is -4.47. The summed E-state index contributed by atoms with van der Waals surface area (Å²) in [7, 11) is 6.71. The highest BCUT2D eigenvalue weighted by Gasteiger charge is 2.28. The maximum absolute atomic E-state index is 13.3. The van der Waals surface area contributed by atoms with Gasteiger partial charge in [0.25, 0.3) is 5.56 Å². The third-order valence-corrected chi connectivity index (χ3v) is 8.14. The molecule has 234 valence electrons. The van der Waals surface area contributed by atoms with Crippen LogP contribution in [-0.4, -0.2) is 65.4 Å². The monoisotopic (exact) mass is 602 g/mol. The molecule has 2 aromatic heterocycles. The van der Waals surface area contributed by atoms with Crippen LogP contribution in [0.4, 0.5) is 4.79 Å². The predicted molar refractivity (Wildman–Crippen MR) is 170 cm³/mol. The number of carbonyl (C=O) groups is 1. The average Bonchev–Trinajstić information content (AvgIpc) is 3.42. The third-order valence-electron chi connectivity index (χ3n) is 8.14. The first-order valence-electron chi connectivity index (χ1n) is 14.9. The molecule has 0 bridgehead atoms. The molecule has 0 radical (unpaired) electrons. The lowest BCUT2D eigenvalue weighted by Crippen LogP contribution is -2.42. The van der Waals surface area contributed by atoms with E-state index in [0.29, 0.717) is 31.1 Å². The number of aromatic nitrogens is 3. The molecule has 5 rings (SSSR count). The van der Waals surface area contributed by atoms with E-state index in [1.165, 1.54) is 0 Å². The molecule has 0 unspecified atom stereocenters. The number of rotatable bonds is 8. The Morgan fingerprint density at radius 3 is 2.18 bits per heavy atom. The molecule has 10 heteroatoms. The Kier molecular flexibility index (Phi) is 8.90. The second kappa shape index (κ2) is 12.6. The number of benzene rings is 2. The van der Waals surface area contributed by atoms with Crippen LogP contribution >= 0.6 is 0 Å². The molecule has 44 heavy (non-hydrogen) atoms. The summed E-state index contributed by atoms with van der Waals surface area (Å²) in [6.07, 6.45) is 5.82. The first-order valence-corrected chi connectivity index (χ1v) is 14.9. The van der Waals surface area contributed by atoms with E-state index in [1.54, 1.807) is 48.7 Å². The summed E-state index contributed by atoms with van der Waals surface area (Å²) in [6.45, 7) is 7.40. The number of methoxy groups -OCH3 is 3. The summed E-state index contributed by atoms with van der Waals surface area (Å²) in [4.78, 5) is 27.7. The molecule has 4 aromatic rings. The maximum atomic E-state index is 13.3. The van der Waals surface area contributed by atoms with E-state index in [4.69, 9.17) is 18.9 Å². The van der Waals surface area contributed by atoms with Gasteiger partial charge >= 0.3 is 6.09 Å². The highest BCUT2D eigenvalue weighted by Crippen LogP contribution is 2.39. The van der Waals surface area contributed by atoms with E-state index in [0.717, 1.165) is 64.2 Å². The second-order valence-electron chi connectivity index (χ2n) is 12.3. The molecule has 2 aromatic carbocycles. The minimum Gasteiger partial charge on any atom is -0.497 e. The van der Waals surface area contributed by atoms with Gasteiger partial charge in [-0.25, -0.2) is 4.79 Å². The number of aryl methyl sites for hydroxylation is 1. The molecule has 1 aliphatic heterocycles. The fourth-order valence-corrected chi connectivity index (χ4v) is 5.83. The number of fused-ring (bicyclic) bond motifs is 1. The van der Waals surface area contributed by atoms with E-state index in [-0.39, 0.29) is 11.7 Å². The number of amides is 1. The first-order chi connectivity index (χ1) is 21.0. The summed E-state index contributed by atoms with van der Waals surface area (Å²) < 4.78 is 26.0. The first kappa shape index (κ1) is 31.0. The van der Waals surface area contributed by atoms with Crippen molar-refractivity contribution >= 4 is 17.0 Å². The Bertz CT molecular complexity index is 1670. The molecule has 1 amide bonds. The molecule has 1 fully saturated rings. The Labute approximate surface area is 258 Å². The molecule has 10 nitrogen and oxygen atoms in total. The molecular weight excluding hydrogens is 560 g/mol. The van der Waals surface area contributed by atoms with Crippen molar-refractivity contribution in [2.45, 2.75) is 52.2 Å². The summed E-state index contributed by atoms with van der Waals surface area (Å²) in [5, 5.41) is 5.37. The zero-order valence-corrected chi connectivity index (χ0v) is 26.7. The van der Waals surface area contributed by atoms with Crippen LogP contribution in [-0.2, 0) is 24.8 Å². The van der Waals surface area contributed by atoms with E-state index in [9.17, 15) is 9.59 Å². The van der Waals surface area contributed by atoms with Gasteiger partial charge in [-0.2, -0.15) is 5.10 Å². The van der Waals surface area contributed by atoms with Gasteiger partial charge < -0.3 is 28.4 Å². The highest BCUT2D eigenvalue weighted by molar-refractivity contribution is 5.94. The maximum Gasteiger partial charge on any atom is 0.410 e. The fourth-order valence-electron chi connectivity index (χ4n) is 5.83. The largest absolute Gasteiger partial charge is 0.497 e. The highest BCUT2D eigenvalue weighted by atomic mass is 16.6. The van der Waals surface area contributed by atoms with Gasteiger partial charge in [0.1, 0.15) is 28.4 Å². The van der Waals surface area contributed by atoms with Gasteiger partial charge in [-0.1, -0.05) is 12.1 Å². The Morgan fingerprint density at radius 1 is 0.977 bits per heavy atom. The van der Waals surface area contributed by atoms with Crippen molar-refractivity contribution in [1.82, 2.24) is 19.2 Å². The molecule has 0 aliphatic carbocycles. The zero-order valence-electron chi connectivity index (χ0n) is 26.7. The van der Waals surface area contributed by atoms with Gasteiger partial charge in [0.15, 0.2) is 0 Å². The number of likely N-dealkylation sites (tertiary alicyclic amines) is 1. The average molecular weight is 603 g/mol. The molecule has 0 spiro atoms. The van der Waals surface area contributed by atoms with Crippen molar-refractivity contribution in [1.29, 1.82) is 0 Å². The van der Waals surface area contributed by atoms with Crippen molar-refractivity contribution in [3.63, 3.8) is 0 Å². The van der Waals surface area contributed by atoms with Crippen LogP contribution in [0.15, 0.2) is 53.6 Å². The Balaban J connectivity index is 1.43. The molecule has 0 saturated carbocycles. The summed E-state index contributed by atoms with van der Waals surface area (Å²) in [6, 6.07) is 11.7. The van der Waals surface area contributed by atoms with Crippen molar-refractivity contribution in [3.05, 3.63) is 70.3 Å². The van der Waals surface area contributed by atoms with Crippen LogP contribution in [0, 0.1) is 5.92 Å². The lowest BCUT2D eigenvalue weighted by atomic mass is 9.88. The van der Waals surface area contributed by atoms with Crippen molar-refractivity contribution < 1.29 is 23.7 Å². The summed E-state index contributed by atoms with van der Waals surface area (Å²) >= 11 is 0. The summed E-state index contributed by atoms with van der Waals surface area (Å²) in [5.41, 5.74) is 3.62. The predicted octanol–water partition coefficient (Wildman–Crippen LogP) is 5.67. The minimum absolute atomic E-state index is 0.122.